The van der Waals surface area contributed by atoms with Gasteiger partial charge in [-0.25, -0.2) is 0 Å². The van der Waals surface area contributed by atoms with Crippen LogP contribution < -0.4 is 5.32 Å². The molecule has 0 saturated carbocycles. The first-order valence-corrected chi connectivity index (χ1v) is 11.1. The molecule has 0 aromatic heterocycles. The molecule has 1 fully saturated rings. The quantitative estimate of drug-likeness (QED) is 0.314. The molecule has 0 bridgehead atoms. The van der Waals surface area contributed by atoms with Crippen molar-refractivity contribution in [1.82, 2.24) is 5.32 Å². The highest BCUT2D eigenvalue weighted by molar-refractivity contribution is 6.09. The fourth-order valence-corrected chi connectivity index (χ4v) is 3.66. The summed E-state index contributed by atoms with van der Waals surface area (Å²) in [6.45, 7) is 5.53. The molecular weight excluding hydrogens is 326 g/mol. The molecule has 0 aliphatic carbocycles. The van der Waals surface area contributed by atoms with Gasteiger partial charge in [-0.3, -0.25) is 9.59 Å². The number of rotatable bonds is 15. The van der Waals surface area contributed by atoms with Crippen LogP contribution in [0.4, 0.5) is 0 Å². The second kappa shape index (κ2) is 14.2. The van der Waals surface area contributed by atoms with E-state index in [0.29, 0.717) is 26.0 Å². The zero-order valence-corrected chi connectivity index (χ0v) is 17.2. The van der Waals surface area contributed by atoms with Gasteiger partial charge in [0, 0.05) is 19.6 Å². The first kappa shape index (κ1) is 23.1. The molecule has 1 heterocycles. The predicted molar refractivity (Wildman–Crippen MR) is 107 cm³/mol. The Bertz CT molecular complexity index is 397. The summed E-state index contributed by atoms with van der Waals surface area (Å²) in [5.74, 6) is -0.199. The molecule has 4 heteroatoms. The molecule has 0 spiro atoms. The maximum absolute atomic E-state index is 12.9. The van der Waals surface area contributed by atoms with Gasteiger partial charge in [-0.05, 0) is 32.1 Å². The highest BCUT2D eigenvalue weighted by Crippen LogP contribution is 2.27. The molecule has 26 heavy (non-hydrogen) atoms. The maximum Gasteiger partial charge on any atom is 0.260 e. The summed E-state index contributed by atoms with van der Waals surface area (Å²) >= 11 is 0. The lowest BCUT2D eigenvalue weighted by Gasteiger charge is -2.29. The first-order valence-electron chi connectivity index (χ1n) is 11.1. The standard InChI is InChI=1S/C22H41NO3/c1-3-5-7-8-9-10-11-12-16-20(24)22(26-19-15-6-4-2)17-13-14-18-23-21(22)25/h3-19H2,1-2H3,(H,23,25). The smallest absolute Gasteiger partial charge is 0.260 e. The maximum atomic E-state index is 12.9. The summed E-state index contributed by atoms with van der Waals surface area (Å²) in [5.41, 5.74) is -1.22. The van der Waals surface area contributed by atoms with Crippen molar-refractivity contribution in [2.75, 3.05) is 13.2 Å². The predicted octanol–water partition coefficient (Wildman–Crippen LogP) is 5.33. The Balaban J connectivity index is 2.44. The number of unbranched alkanes of at least 4 members (excludes halogenated alkanes) is 9. The molecule has 1 atom stereocenters. The van der Waals surface area contributed by atoms with E-state index in [4.69, 9.17) is 4.74 Å². The number of hydrogen-bond acceptors (Lipinski definition) is 3. The Labute approximate surface area is 160 Å². The number of Topliss-reactive ketones (excluding diaryl/α,β-unsaturated/α-hetero) is 1. The van der Waals surface area contributed by atoms with Gasteiger partial charge < -0.3 is 10.1 Å². The fraction of sp³-hybridized carbons (Fsp3) is 0.909. The lowest BCUT2D eigenvalue weighted by molar-refractivity contribution is -0.160. The molecule has 152 valence electrons. The van der Waals surface area contributed by atoms with Crippen LogP contribution in [-0.2, 0) is 14.3 Å². The van der Waals surface area contributed by atoms with E-state index in [1.807, 2.05) is 0 Å². The van der Waals surface area contributed by atoms with Crippen LogP contribution in [0.25, 0.3) is 0 Å². The molecule has 4 nitrogen and oxygen atoms in total. The van der Waals surface area contributed by atoms with Crippen molar-refractivity contribution < 1.29 is 14.3 Å². The topological polar surface area (TPSA) is 55.4 Å². The minimum atomic E-state index is -1.22. The molecule has 0 aromatic carbocycles. The molecule has 0 aromatic rings. The fourth-order valence-electron chi connectivity index (χ4n) is 3.66. The molecular formula is C22H41NO3. The van der Waals surface area contributed by atoms with Crippen molar-refractivity contribution in [1.29, 1.82) is 0 Å². The molecule has 1 amide bonds. The van der Waals surface area contributed by atoms with Gasteiger partial charge in [0.2, 0.25) is 5.60 Å². The molecule has 1 rings (SSSR count). The largest absolute Gasteiger partial charge is 0.358 e. The lowest BCUT2D eigenvalue weighted by atomic mass is 9.88. The van der Waals surface area contributed by atoms with Crippen molar-refractivity contribution in [3.8, 4) is 0 Å². The van der Waals surface area contributed by atoms with Gasteiger partial charge in [0.25, 0.3) is 5.91 Å². The highest BCUT2D eigenvalue weighted by Gasteiger charge is 2.46. The normalized spacial score (nSPS) is 20.6. The van der Waals surface area contributed by atoms with Gasteiger partial charge >= 0.3 is 0 Å². The Morgan fingerprint density at radius 3 is 2.23 bits per heavy atom. The Hall–Kier alpha value is -0.900. The summed E-state index contributed by atoms with van der Waals surface area (Å²) in [5, 5.41) is 2.90. The second-order valence-electron chi connectivity index (χ2n) is 7.74. The number of carbonyl (C=O) groups is 2. The van der Waals surface area contributed by atoms with Crippen LogP contribution in [0.5, 0.6) is 0 Å². The summed E-state index contributed by atoms with van der Waals surface area (Å²) in [6, 6.07) is 0. The van der Waals surface area contributed by atoms with Gasteiger partial charge in [-0.2, -0.15) is 0 Å². The van der Waals surface area contributed by atoms with Crippen LogP contribution in [0.1, 0.15) is 110 Å². The zero-order chi connectivity index (χ0) is 19.1. The minimum absolute atomic E-state index is 0.000573. The van der Waals surface area contributed by atoms with E-state index in [1.54, 1.807) is 0 Å². The summed E-state index contributed by atoms with van der Waals surface area (Å²) in [7, 11) is 0. The first-order chi connectivity index (χ1) is 12.7. The van der Waals surface area contributed by atoms with Crippen LogP contribution in [-0.4, -0.2) is 30.4 Å². The molecule has 1 unspecified atom stereocenters. The van der Waals surface area contributed by atoms with Crippen molar-refractivity contribution in [3.63, 3.8) is 0 Å². The number of hydrogen-bond donors (Lipinski definition) is 1. The van der Waals surface area contributed by atoms with E-state index in [9.17, 15) is 9.59 Å². The van der Waals surface area contributed by atoms with E-state index < -0.39 is 5.60 Å². The van der Waals surface area contributed by atoms with Gasteiger partial charge in [0.05, 0.1) is 0 Å². The monoisotopic (exact) mass is 367 g/mol. The van der Waals surface area contributed by atoms with Gasteiger partial charge in [0.1, 0.15) is 0 Å². The van der Waals surface area contributed by atoms with Gasteiger partial charge in [0.15, 0.2) is 5.78 Å². The van der Waals surface area contributed by atoms with E-state index in [0.717, 1.165) is 44.9 Å². The Morgan fingerprint density at radius 1 is 0.923 bits per heavy atom. The van der Waals surface area contributed by atoms with Crippen LogP contribution in [0, 0.1) is 0 Å². The van der Waals surface area contributed by atoms with Crippen molar-refractivity contribution >= 4 is 11.7 Å². The third-order valence-corrected chi connectivity index (χ3v) is 5.41. The zero-order valence-electron chi connectivity index (χ0n) is 17.2. The van der Waals surface area contributed by atoms with Crippen molar-refractivity contribution in [3.05, 3.63) is 0 Å². The third-order valence-electron chi connectivity index (χ3n) is 5.41. The number of amides is 1. The summed E-state index contributed by atoms with van der Waals surface area (Å²) < 4.78 is 5.99. The van der Waals surface area contributed by atoms with Crippen LogP contribution in [0.3, 0.4) is 0 Å². The Kier molecular flexibility index (Phi) is 12.6. The van der Waals surface area contributed by atoms with Crippen LogP contribution >= 0.6 is 0 Å². The van der Waals surface area contributed by atoms with Gasteiger partial charge in [-0.15, -0.1) is 0 Å². The van der Waals surface area contributed by atoms with Gasteiger partial charge in [-0.1, -0.05) is 71.6 Å². The number of nitrogens with one attached hydrogen (secondary N) is 1. The molecule has 1 aliphatic rings. The molecule has 0 radical (unpaired) electrons. The number of carbonyl (C=O) groups excluding carboxylic acids is 2. The summed E-state index contributed by atoms with van der Waals surface area (Å²) in [4.78, 5) is 25.6. The van der Waals surface area contributed by atoms with E-state index in [1.165, 1.54) is 38.5 Å². The Morgan fingerprint density at radius 2 is 1.54 bits per heavy atom. The molecule has 1 saturated heterocycles. The SMILES string of the molecule is CCCCCCCCCCC(=O)C1(OCCCCC)CCCCNC1=O. The van der Waals surface area contributed by atoms with Crippen LogP contribution in [0.15, 0.2) is 0 Å². The second-order valence-corrected chi connectivity index (χ2v) is 7.74. The minimum Gasteiger partial charge on any atom is -0.358 e. The highest BCUT2D eigenvalue weighted by atomic mass is 16.5. The number of ketones is 1. The van der Waals surface area contributed by atoms with E-state index in [2.05, 4.69) is 19.2 Å². The van der Waals surface area contributed by atoms with E-state index in [-0.39, 0.29) is 11.7 Å². The average molecular weight is 368 g/mol. The van der Waals surface area contributed by atoms with Crippen molar-refractivity contribution in [2.24, 2.45) is 0 Å². The average Bonchev–Trinajstić information content (AvgIpc) is 2.83. The third kappa shape index (κ3) is 8.20. The van der Waals surface area contributed by atoms with Crippen molar-refractivity contribution in [2.45, 2.75) is 116 Å². The van der Waals surface area contributed by atoms with Crippen LogP contribution in [0.2, 0.25) is 0 Å². The van der Waals surface area contributed by atoms with E-state index >= 15 is 0 Å². The molecule has 1 aliphatic heterocycles. The summed E-state index contributed by atoms with van der Waals surface area (Å²) in [6.07, 6.45) is 15.5. The number of ether oxygens (including phenoxy) is 1. The lowest BCUT2D eigenvalue weighted by Crippen LogP contribution is -2.53. The molecule has 1 N–H and O–H groups in total.